The van der Waals surface area contributed by atoms with Crippen LogP contribution in [0.3, 0.4) is 0 Å². The van der Waals surface area contributed by atoms with E-state index in [1.165, 1.54) is 11.1 Å². The molecule has 10 nitrogen and oxygen atoms in total. The maximum absolute atomic E-state index is 13.5. The van der Waals surface area contributed by atoms with E-state index in [4.69, 9.17) is 25.9 Å². The van der Waals surface area contributed by atoms with E-state index in [9.17, 15) is 14.4 Å². The zero-order valence-corrected chi connectivity index (χ0v) is 22.1. The average molecular weight is 551 g/mol. The molecular formula is C28H27ClN4O6. The van der Waals surface area contributed by atoms with Gasteiger partial charge in [-0.05, 0) is 54.2 Å². The number of ether oxygens (including phenoxy) is 2. The summed E-state index contributed by atoms with van der Waals surface area (Å²) in [5.74, 6) is -1.18. The van der Waals surface area contributed by atoms with Crippen LogP contribution >= 0.6 is 11.6 Å². The summed E-state index contributed by atoms with van der Waals surface area (Å²) in [7, 11) is 3.13. The lowest BCUT2D eigenvalue weighted by Crippen LogP contribution is -2.44. The van der Waals surface area contributed by atoms with Crippen LogP contribution < -0.4 is 14.9 Å². The number of amides is 3. The molecule has 2 aliphatic heterocycles. The summed E-state index contributed by atoms with van der Waals surface area (Å²) in [6.45, 7) is 0.274. The van der Waals surface area contributed by atoms with E-state index < -0.39 is 17.7 Å². The van der Waals surface area contributed by atoms with Crippen LogP contribution in [0.1, 0.15) is 17.5 Å². The minimum atomic E-state index is -0.473. The molecule has 2 aliphatic carbocycles. The zero-order chi connectivity index (χ0) is 27.3. The Morgan fingerprint density at radius 1 is 1.08 bits per heavy atom. The number of carbonyl (C=O) groups is 3. The number of oxime groups is 1. The first-order valence-corrected chi connectivity index (χ1v) is 13.2. The number of methoxy groups -OCH3 is 2. The van der Waals surface area contributed by atoms with Gasteiger partial charge >= 0.3 is 0 Å². The lowest BCUT2D eigenvalue weighted by molar-refractivity contribution is -0.141. The van der Waals surface area contributed by atoms with Crippen LogP contribution in [0.5, 0.6) is 11.5 Å². The third kappa shape index (κ3) is 4.23. The number of imide groups is 1. The lowest BCUT2D eigenvalue weighted by atomic mass is 9.72. The zero-order valence-electron chi connectivity index (χ0n) is 21.4. The number of hydrogen-bond donors (Lipinski definition) is 1. The summed E-state index contributed by atoms with van der Waals surface area (Å²) in [5, 5.41) is 8.69. The SMILES string of the molecule is COc1ccc(CCN2C(=O)[C@H]3[C@@H]4C[C@@H]([C@H]5C(C(=O)N/N=C/c6ccc(Cl)cc6)=NO[C@H]45)[C@@H]3C2=O)cc1OC. The van der Waals surface area contributed by atoms with Crippen molar-refractivity contribution in [3.05, 3.63) is 58.6 Å². The van der Waals surface area contributed by atoms with Gasteiger partial charge < -0.3 is 14.3 Å². The van der Waals surface area contributed by atoms with Gasteiger partial charge in [-0.15, -0.1) is 0 Å². The number of halogens is 1. The quantitative estimate of drug-likeness (QED) is 0.307. The summed E-state index contributed by atoms with van der Waals surface area (Å²) in [5.41, 5.74) is 4.44. The summed E-state index contributed by atoms with van der Waals surface area (Å²) >= 11 is 5.90. The summed E-state index contributed by atoms with van der Waals surface area (Å²) in [6.07, 6.45) is 2.27. The van der Waals surface area contributed by atoms with Gasteiger partial charge in [-0.1, -0.05) is 35.0 Å². The van der Waals surface area contributed by atoms with Crippen LogP contribution in [-0.2, 0) is 25.6 Å². The number of hydrazone groups is 1. The maximum atomic E-state index is 13.5. The van der Waals surface area contributed by atoms with E-state index >= 15 is 0 Å². The minimum absolute atomic E-state index is 0.154. The molecule has 0 unspecified atom stereocenters. The number of carbonyl (C=O) groups excluding carboxylic acids is 3. The number of fused-ring (bicyclic) bond motifs is 8. The van der Waals surface area contributed by atoms with Gasteiger partial charge in [-0.25, -0.2) is 5.43 Å². The van der Waals surface area contributed by atoms with Crippen LogP contribution in [0.4, 0.5) is 0 Å². The normalized spacial score (nSPS) is 28.4. The molecule has 6 rings (SSSR count). The number of nitrogens with one attached hydrogen (secondary N) is 1. The second-order valence-corrected chi connectivity index (χ2v) is 10.6. The second-order valence-electron chi connectivity index (χ2n) is 10.2. The Labute approximate surface area is 229 Å². The van der Waals surface area contributed by atoms with Gasteiger partial charge in [0.25, 0.3) is 5.91 Å². The number of hydrogen-bond acceptors (Lipinski definition) is 8. The smallest absolute Gasteiger partial charge is 0.289 e. The van der Waals surface area contributed by atoms with Crippen molar-refractivity contribution in [1.82, 2.24) is 10.3 Å². The molecular weight excluding hydrogens is 524 g/mol. The largest absolute Gasteiger partial charge is 0.493 e. The molecule has 3 fully saturated rings. The molecule has 39 heavy (non-hydrogen) atoms. The van der Waals surface area contributed by atoms with Crippen LogP contribution in [0.25, 0.3) is 0 Å². The first-order chi connectivity index (χ1) is 18.9. The molecule has 0 spiro atoms. The standard InChI is InChI=1S/C28H27ClN4O6/c1-37-19-8-5-14(11-20(19)38-2)9-10-33-27(35)21-17-12-18(22(21)28(33)36)25-23(17)24(32-39-25)26(34)31-30-13-15-3-6-16(29)7-4-15/h3-8,11,13,17-18,21-23,25H,9-10,12H2,1-2H3,(H,31,34)/b30-13+/t17-,18+,21+,22+,23+,25-/m1/s1. The van der Waals surface area contributed by atoms with Crippen molar-refractivity contribution >= 4 is 41.2 Å². The molecule has 2 saturated carbocycles. The molecule has 202 valence electrons. The highest BCUT2D eigenvalue weighted by Crippen LogP contribution is 2.61. The first-order valence-electron chi connectivity index (χ1n) is 12.8. The van der Waals surface area contributed by atoms with Gasteiger partial charge in [-0.2, -0.15) is 5.10 Å². The highest BCUT2D eigenvalue weighted by molar-refractivity contribution is 6.40. The number of benzene rings is 2. The Hall–Kier alpha value is -3.92. The Morgan fingerprint density at radius 3 is 2.51 bits per heavy atom. The molecule has 1 N–H and O–H groups in total. The Kier molecular flexibility index (Phi) is 6.50. The Bertz CT molecular complexity index is 1390. The van der Waals surface area contributed by atoms with Crippen molar-refractivity contribution in [3.8, 4) is 11.5 Å². The van der Waals surface area contributed by atoms with E-state index in [0.717, 1.165) is 11.1 Å². The van der Waals surface area contributed by atoms with Gasteiger partial charge in [0.15, 0.2) is 17.2 Å². The monoisotopic (exact) mass is 550 g/mol. The van der Waals surface area contributed by atoms with Crippen LogP contribution in [0, 0.1) is 29.6 Å². The predicted molar refractivity (Wildman–Crippen MR) is 142 cm³/mol. The fourth-order valence-electron chi connectivity index (χ4n) is 6.64. The third-order valence-electron chi connectivity index (χ3n) is 8.34. The van der Waals surface area contributed by atoms with Crippen molar-refractivity contribution in [2.45, 2.75) is 18.9 Å². The van der Waals surface area contributed by atoms with Crippen LogP contribution in [-0.4, -0.2) is 61.4 Å². The molecule has 4 aliphatic rings. The van der Waals surface area contributed by atoms with E-state index in [-0.39, 0.29) is 47.9 Å². The molecule has 3 amide bonds. The van der Waals surface area contributed by atoms with Crippen LogP contribution in [0.15, 0.2) is 52.7 Å². The number of nitrogens with zero attached hydrogens (tertiary/aromatic N) is 3. The molecule has 0 radical (unpaired) electrons. The topological polar surface area (TPSA) is 119 Å². The molecule has 2 heterocycles. The van der Waals surface area contributed by atoms with Gasteiger partial charge in [0.2, 0.25) is 11.8 Å². The Morgan fingerprint density at radius 2 is 1.79 bits per heavy atom. The maximum Gasteiger partial charge on any atom is 0.289 e. The van der Waals surface area contributed by atoms with Gasteiger partial charge in [-0.3, -0.25) is 19.3 Å². The lowest BCUT2D eigenvalue weighted by Gasteiger charge is -2.29. The van der Waals surface area contributed by atoms with Crippen LogP contribution in [0.2, 0.25) is 5.02 Å². The van der Waals surface area contributed by atoms with Crippen molar-refractivity contribution in [2.24, 2.45) is 39.8 Å². The molecule has 6 atom stereocenters. The Balaban J connectivity index is 1.12. The minimum Gasteiger partial charge on any atom is -0.493 e. The highest BCUT2D eigenvalue weighted by atomic mass is 35.5. The summed E-state index contributed by atoms with van der Waals surface area (Å²) < 4.78 is 10.7. The molecule has 11 heteroatoms. The van der Waals surface area contributed by atoms with Gasteiger partial charge in [0.1, 0.15) is 6.10 Å². The number of rotatable bonds is 8. The fourth-order valence-corrected chi connectivity index (χ4v) is 6.77. The third-order valence-corrected chi connectivity index (χ3v) is 8.59. The van der Waals surface area contributed by atoms with Crippen molar-refractivity contribution < 1.29 is 28.7 Å². The fraction of sp³-hybridized carbons (Fsp3) is 0.393. The molecule has 0 aromatic heterocycles. The van der Waals surface area contributed by atoms with E-state index in [0.29, 0.717) is 29.4 Å². The molecule has 2 aromatic carbocycles. The number of likely N-dealkylation sites (tertiary alicyclic amines) is 1. The molecule has 2 bridgehead atoms. The second kappa shape index (κ2) is 10.00. The molecule has 1 saturated heterocycles. The predicted octanol–water partition coefficient (Wildman–Crippen LogP) is 2.67. The molecule has 2 aromatic rings. The summed E-state index contributed by atoms with van der Waals surface area (Å²) in [4.78, 5) is 46.9. The first kappa shape index (κ1) is 25.4. The van der Waals surface area contributed by atoms with Crippen molar-refractivity contribution in [1.29, 1.82) is 0 Å². The summed E-state index contributed by atoms with van der Waals surface area (Å²) in [6, 6.07) is 12.6. The van der Waals surface area contributed by atoms with E-state index in [1.54, 1.807) is 44.6 Å². The van der Waals surface area contributed by atoms with E-state index in [1.807, 2.05) is 12.1 Å². The van der Waals surface area contributed by atoms with Gasteiger partial charge in [0.05, 0.1) is 38.2 Å². The van der Waals surface area contributed by atoms with Crippen molar-refractivity contribution in [3.63, 3.8) is 0 Å². The average Bonchev–Trinajstić information content (AvgIpc) is 3.69. The highest BCUT2D eigenvalue weighted by Gasteiger charge is 2.70. The van der Waals surface area contributed by atoms with Gasteiger partial charge in [0, 0.05) is 17.5 Å². The van der Waals surface area contributed by atoms with Crippen molar-refractivity contribution in [2.75, 3.05) is 20.8 Å². The van der Waals surface area contributed by atoms with E-state index in [2.05, 4.69) is 15.7 Å².